The van der Waals surface area contributed by atoms with Crippen LogP contribution in [0.5, 0.6) is 0 Å². The average molecular weight is 615 g/mol. The summed E-state index contributed by atoms with van der Waals surface area (Å²) < 4.78 is 120. The van der Waals surface area contributed by atoms with E-state index in [9.17, 15) is 2.74 Å². The first-order valence-corrected chi connectivity index (χ1v) is 14.6. The number of hydrogen-bond acceptors (Lipinski definition) is 4. The molecular formula is C43H27N3O. The molecule has 0 spiro atoms. The fourth-order valence-electron chi connectivity index (χ4n) is 5.52. The van der Waals surface area contributed by atoms with Crippen LogP contribution in [0.4, 0.5) is 0 Å². The Labute approximate surface area is 289 Å². The van der Waals surface area contributed by atoms with Gasteiger partial charge in [-0.3, -0.25) is 0 Å². The molecule has 0 radical (unpaired) electrons. The molecule has 220 valence electrons. The van der Waals surface area contributed by atoms with Crippen molar-refractivity contribution in [1.29, 1.82) is 0 Å². The van der Waals surface area contributed by atoms with E-state index < -0.39 is 54.4 Å². The molecule has 0 aliphatic rings. The lowest BCUT2D eigenvalue weighted by Crippen LogP contribution is -2.00. The van der Waals surface area contributed by atoms with E-state index in [-0.39, 0.29) is 91.0 Å². The van der Waals surface area contributed by atoms with Gasteiger partial charge < -0.3 is 4.42 Å². The summed E-state index contributed by atoms with van der Waals surface area (Å²) in [5, 5.41) is -0.120. The van der Waals surface area contributed by atoms with Crippen molar-refractivity contribution in [3.05, 3.63) is 163 Å². The summed E-state index contributed by atoms with van der Waals surface area (Å²) in [6.45, 7) is 0. The summed E-state index contributed by atoms with van der Waals surface area (Å²) in [5.41, 5.74) is 1.56. The van der Waals surface area contributed by atoms with E-state index in [1.54, 1.807) is 78.9 Å². The molecule has 0 aliphatic heterocycles. The summed E-state index contributed by atoms with van der Waals surface area (Å²) in [7, 11) is 0. The highest BCUT2D eigenvalue weighted by Crippen LogP contribution is 2.37. The minimum absolute atomic E-state index is 0.0195. The average Bonchev–Trinajstić information content (AvgIpc) is 3.66. The van der Waals surface area contributed by atoms with E-state index in [4.69, 9.17) is 34.4 Å². The highest BCUT2D eigenvalue weighted by Gasteiger charge is 2.16. The SMILES string of the molecule is [2H]c1c([2H])c([2H])c2c(oc3c([2H])c([2H])c([2H])c(-c4ccc(-c5nc(-c6ccccc6)nc(-c6c([2H])c([2H])c([2H])c7c([2H])c(-c8ccccc8)c([2H])c([2H])c67)n5)cc4)c32)c1[2H]. The number of benzene rings is 7. The van der Waals surface area contributed by atoms with Gasteiger partial charge >= 0.3 is 0 Å². The van der Waals surface area contributed by atoms with E-state index in [0.29, 0.717) is 22.3 Å². The van der Waals surface area contributed by atoms with Crippen LogP contribution in [0, 0.1) is 0 Å². The Morgan fingerprint density at radius 2 is 1.04 bits per heavy atom. The van der Waals surface area contributed by atoms with Crippen LogP contribution in [-0.2, 0) is 0 Å². The normalized spacial score (nSPS) is 15.3. The van der Waals surface area contributed by atoms with Gasteiger partial charge in [0.25, 0.3) is 0 Å². The highest BCUT2D eigenvalue weighted by atomic mass is 16.3. The maximum atomic E-state index is 9.20. The quantitative estimate of drug-likeness (QED) is 0.193. The molecule has 0 N–H and O–H groups in total. The second-order valence-corrected chi connectivity index (χ2v) is 10.6. The lowest BCUT2D eigenvalue weighted by molar-refractivity contribution is 0.669. The fraction of sp³-hybridized carbons (Fsp3) is 0. The van der Waals surface area contributed by atoms with Crippen LogP contribution < -0.4 is 0 Å². The van der Waals surface area contributed by atoms with Crippen LogP contribution in [0.25, 0.3) is 89.1 Å². The summed E-state index contributed by atoms with van der Waals surface area (Å²) in [5.74, 6) is 0.119. The number of hydrogen-bond donors (Lipinski definition) is 0. The van der Waals surface area contributed by atoms with Crippen LogP contribution >= 0.6 is 0 Å². The maximum Gasteiger partial charge on any atom is 0.164 e. The van der Waals surface area contributed by atoms with Crippen LogP contribution in [0.2, 0.25) is 0 Å². The molecule has 0 atom stereocenters. The Morgan fingerprint density at radius 3 is 1.83 bits per heavy atom. The maximum absolute atomic E-state index is 9.20. The van der Waals surface area contributed by atoms with Crippen LogP contribution in [0.15, 0.2) is 168 Å². The van der Waals surface area contributed by atoms with Crippen molar-refractivity contribution in [2.75, 3.05) is 0 Å². The van der Waals surface area contributed by atoms with Gasteiger partial charge in [0.05, 0.1) is 17.8 Å². The molecule has 2 aromatic heterocycles. The molecule has 47 heavy (non-hydrogen) atoms. The summed E-state index contributed by atoms with van der Waals surface area (Å²) >= 11 is 0. The molecule has 9 rings (SSSR count). The number of furan rings is 1. The number of fused-ring (bicyclic) bond motifs is 4. The second kappa shape index (κ2) is 11.2. The molecule has 4 heteroatoms. The minimum atomic E-state index is -0.524. The Hall–Kier alpha value is -6.39. The monoisotopic (exact) mass is 614 g/mol. The van der Waals surface area contributed by atoms with Gasteiger partial charge in [0.15, 0.2) is 17.5 Å². The first-order valence-electron chi connectivity index (χ1n) is 21.1. The van der Waals surface area contributed by atoms with Crippen LogP contribution in [-0.4, -0.2) is 15.0 Å². The van der Waals surface area contributed by atoms with Crippen molar-refractivity contribution in [3.63, 3.8) is 0 Å². The van der Waals surface area contributed by atoms with E-state index >= 15 is 0 Å². The molecule has 7 aromatic carbocycles. The van der Waals surface area contributed by atoms with E-state index in [1.807, 2.05) is 6.07 Å². The molecule has 0 fully saturated rings. The fourth-order valence-corrected chi connectivity index (χ4v) is 5.52. The number of nitrogens with zero attached hydrogens (tertiary/aromatic N) is 3. The lowest BCUT2D eigenvalue weighted by Gasteiger charge is -2.12. The van der Waals surface area contributed by atoms with Crippen molar-refractivity contribution in [1.82, 2.24) is 15.0 Å². The van der Waals surface area contributed by atoms with Gasteiger partial charge in [-0.25, -0.2) is 15.0 Å². The lowest BCUT2D eigenvalue weighted by atomic mass is 9.98. The van der Waals surface area contributed by atoms with Crippen molar-refractivity contribution < 1.29 is 22.2 Å². The van der Waals surface area contributed by atoms with Gasteiger partial charge in [-0.05, 0) is 51.2 Å². The van der Waals surface area contributed by atoms with Gasteiger partial charge in [0.1, 0.15) is 11.2 Å². The summed E-state index contributed by atoms with van der Waals surface area (Å²) in [4.78, 5) is 14.2. The molecule has 0 aliphatic carbocycles. The molecule has 4 nitrogen and oxygen atoms in total. The Bertz CT molecular complexity index is 3290. The third-order valence-electron chi connectivity index (χ3n) is 7.77. The summed E-state index contributed by atoms with van der Waals surface area (Å²) in [6.07, 6.45) is 0. The van der Waals surface area contributed by atoms with Crippen LogP contribution in [0.1, 0.15) is 17.8 Å². The zero-order valence-corrected chi connectivity index (χ0v) is 24.3. The van der Waals surface area contributed by atoms with Gasteiger partial charge in [0.2, 0.25) is 0 Å². The second-order valence-electron chi connectivity index (χ2n) is 10.6. The molecule has 9 aromatic rings. The Balaban J connectivity index is 1.28. The predicted molar refractivity (Wildman–Crippen MR) is 192 cm³/mol. The molecule has 2 heterocycles. The van der Waals surface area contributed by atoms with Crippen molar-refractivity contribution in [2.24, 2.45) is 0 Å². The number of rotatable bonds is 5. The molecule has 0 unspecified atom stereocenters. The molecular weight excluding hydrogens is 574 g/mol. The molecule has 0 amide bonds. The van der Waals surface area contributed by atoms with Gasteiger partial charge in [-0.15, -0.1) is 0 Å². The van der Waals surface area contributed by atoms with Gasteiger partial charge in [0, 0.05) is 27.5 Å². The third kappa shape index (κ3) is 4.84. The van der Waals surface area contributed by atoms with Crippen molar-refractivity contribution in [2.45, 2.75) is 0 Å². The standard InChI is InChI=1S/C43H27N3O/c1-3-11-28(12-4-1)32-25-26-34-33(27-32)15-9-18-36(34)43-45-41(30-13-5-2-6-14-30)44-42(46-43)31-23-21-29(22-24-31)35-17-10-20-39-40(35)37-16-7-8-19-38(37)47-39/h1-27H/i7D,8D,9D,10D,15D,16D,17D,18D,19D,20D,25D,26D,27D. The number of para-hydroxylation sites is 1. The Kier molecular flexibility index (Phi) is 4.00. The van der Waals surface area contributed by atoms with Crippen molar-refractivity contribution in [3.8, 4) is 56.4 Å². The smallest absolute Gasteiger partial charge is 0.164 e. The van der Waals surface area contributed by atoms with Gasteiger partial charge in [-0.1, -0.05) is 145 Å². The molecule has 0 bridgehead atoms. The zero-order valence-electron chi connectivity index (χ0n) is 37.3. The largest absolute Gasteiger partial charge is 0.456 e. The zero-order chi connectivity index (χ0) is 42.5. The predicted octanol–water partition coefficient (Wildman–Crippen LogP) is 11.3. The molecule has 0 saturated heterocycles. The van der Waals surface area contributed by atoms with Crippen molar-refractivity contribution >= 4 is 32.7 Å². The van der Waals surface area contributed by atoms with E-state index in [2.05, 4.69) is 0 Å². The third-order valence-corrected chi connectivity index (χ3v) is 7.77. The first-order chi connectivity index (χ1) is 28.7. The summed E-state index contributed by atoms with van der Waals surface area (Å²) in [6, 6.07) is 18.5. The van der Waals surface area contributed by atoms with Gasteiger partial charge in [-0.2, -0.15) is 0 Å². The van der Waals surface area contributed by atoms with E-state index in [1.165, 1.54) is 0 Å². The minimum Gasteiger partial charge on any atom is -0.456 e. The first kappa shape index (κ1) is 16.8. The number of aromatic nitrogens is 3. The van der Waals surface area contributed by atoms with Crippen LogP contribution in [0.3, 0.4) is 0 Å². The van der Waals surface area contributed by atoms with E-state index in [0.717, 1.165) is 0 Å². The highest BCUT2D eigenvalue weighted by molar-refractivity contribution is 6.12. The molecule has 0 saturated carbocycles. The topological polar surface area (TPSA) is 51.8 Å². The Morgan fingerprint density at radius 1 is 0.426 bits per heavy atom.